The van der Waals surface area contributed by atoms with Gasteiger partial charge in [-0.3, -0.25) is 9.59 Å². The van der Waals surface area contributed by atoms with Crippen LogP contribution in [0, 0.1) is 18.7 Å². The zero-order valence-corrected chi connectivity index (χ0v) is 19.8. The first-order valence-electron chi connectivity index (χ1n) is 11.4. The van der Waals surface area contributed by atoms with E-state index < -0.39 is 11.7 Å². The lowest BCUT2D eigenvalue weighted by molar-refractivity contribution is -0.118. The Morgan fingerprint density at radius 1 is 1.15 bits per heavy atom. The number of tetrazole rings is 1. The number of amides is 2. The highest BCUT2D eigenvalue weighted by Crippen LogP contribution is 2.26. The van der Waals surface area contributed by atoms with Crippen LogP contribution in [0.2, 0.25) is 0 Å². The van der Waals surface area contributed by atoms with Crippen LogP contribution in [0.15, 0.2) is 47.4 Å². The Morgan fingerprint density at radius 2 is 1.94 bits per heavy atom. The van der Waals surface area contributed by atoms with Crippen molar-refractivity contribution in [1.29, 1.82) is 0 Å². The third kappa shape index (κ3) is 5.99. The lowest BCUT2D eigenvalue weighted by Gasteiger charge is -2.21. The van der Waals surface area contributed by atoms with Gasteiger partial charge in [-0.25, -0.2) is 4.39 Å². The van der Waals surface area contributed by atoms with Crippen LogP contribution in [0.5, 0.6) is 0 Å². The van der Waals surface area contributed by atoms with Crippen LogP contribution in [0.3, 0.4) is 0 Å². The van der Waals surface area contributed by atoms with Gasteiger partial charge in [-0.05, 0) is 66.4 Å². The molecule has 4 rings (SSSR count). The van der Waals surface area contributed by atoms with Gasteiger partial charge in [0.05, 0.1) is 22.7 Å². The van der Waals surface area contributed by atoms with E-state index in [0.717, 1.165) is 0 Å². The molecule has 2 aromatic carbocycles. The second kappa shape index (κ2) is 11.2. The minimum atomic E-state index is -0.574. The summed E-state index contributed by atoms with van der Waals surface area (Å²) in [7, 11) is 0. The average molecular weight is 483 g/mol. The molecule has 1 heterocycles. The SMILES string of the molecule is Cc1nnnn1-c1ccc(F)c(NC(=O)c2ccccc2SCC(=O)NCC2CCCCC2)c1. The minimum absolute atomic E-state index is 0.0161. The number of carbonyl (C=O) groups is 2. The number of anilines is 1. The van der Waals surface area contributed by atoms with Gasteiger partial charge < -0.3 is 10.6 Å². The molecule has 0 aliphatic heterocycles. The monoisotopic (exact) mass is 482 g/mol. The predicted molar refractivity (Wildman–Crippen MR) is 129 cm³/mol. The number of rotatable bonds is 8. The van der Waals surface area contributed by atoms with Gasteiger partial charge in [-0.1, -0.05) is 31.4 Å². The van der Waals surface area contributed by atoms with E-state index in [4.69, 9.17) is 0 Å². The Morgan fingerprint density at radius 3 is 2.71 bits per heavy atom. The molecule has 1 fully saturated rings. The standard InChI is InChI=1S/C24H27FN6O2S/c1-16-28-29-30-31(16)18-11-12-20(25)21(13-18)27-24(33)19-9-5-6-10-22(19)34-15-23(32)26-14-17-7-3-2-4-8-17/h5-6,9-13,17H,2-4,7-8,14-15H2,1H3,(H,26,32)(H,27,33). The molecule has 0 radical (unpaired) electrons. The van der Waals surface area contributed by atoms with Crippen molar-refractivity contribution in [1.82, 2.24) is 25.5 Å². The van der Waals surface area contributed by atoms with Gasteiger partial charge in [0, 0.05) is 11.4 Å². The van der Waals surface area contributed by atoms with Crippen LogP contribution in [0.1, 0.15) is 48.3 Å². The number of nitrogens with zero attached hydrogens (tertiary/aromatic N) is 4. The lowest BCUT2D eigenvalue weighted by atomic mass is 9.89. The number of thioether (sulfide) groups is 1. The van der Waals surface area contributed by atoms with Crippen LogP contribution in [0.25, 0.3) is 5.69 Å². The molecule has 1 aliphatic rings. The summed E-state index contributed by atoms with van der Waals surface area (Å²) in [5.41, 5.74) is 0.912. The quantitative estimate of drug-likeness (QED) is 0.468. The third-order valence-electron chi connectivity index (χ3n) is 5.87. The molecule has 10 heteroatoms. The molecule has 0 bridgehead atoms. The molecule has 2 N–H and O–H groups in total. The fourth-order valence-electron chi connectivity index (χ4n) is 4.02. The van der Waals surface area contributed by atoms with Crippen molar-refractivity contribution in [2.75, 3.05) is 17.6 Å². The highest BCUT2D eigenvalue weighted by Gasteiger charge is 2.17. The summed E-state index contributed by atoms with van der Waals surface area (Å²) in [6.45, 7) is 2.43. The van der Waals surface area contributed by atoms with Gasteiger partial charge >= 0.3 is 0 Å². The third-order valence-corrected chi connectivity index (χ3v) is 6.94. The summed E-state index contributed by atoms with van der Waals surface area (Å²) < 4.78 is 15.9. The maximum atomic E-state index is 14.4. The van der Waals surface area contributed by atoms with Crippen LogP contribution >= 0.6 is 11.8 Å². The Kier molecular flexibility index (Phi) is 7.89. The fraction of sp³-hybridized carbons (Fsp3) is 0.375. The van der Waals surface area contributed by atoms with Crippen molar-refractivity contribution >= 4 is 29.3 Å². The highest BCUT2D eigenvalue weighted by atomic mass is 32.2. The van der Waals surface area contributed by atoms with E-state index >= 15 is 0 Å². The molecular formula is C24H27FN6O2S. The van der Waals surface area contributed by atoms with Crippen LogP contribution < -0.4 is 10.6 Å². The molecule has 0 spiro atoms. The van der Waals surface area contributed by atoms with Crippen molar-refractivity contribution in [3.05, 3.63) is 59.7 Å². The van der Waals surface area contributed by atoms with Gasteiger partial charge in [0.25, 0.3) is 5.91 Å². The van der Waals surface area contributed by atoms with E-state index in [0.29, 0.717) is 34.4 Å². The predicted octanol–water partition coefficient (Wildman–Crippen LogP) is 4.15. The molecule has 1 saturated carbocycles. The van der Waals surface area contributed by atoms with Gasteiger partial charge in [0.2, 0.25) is 5.91 Å². The highest BCUT2D eigenvalue weighted by molar-refractivity contribution is 8.00. The summed E-state index contributed by atoms with van der Waals surface area (Å²) in [5, 5.41) is 16.9. The summed E-state index contributed by atoms with van der Waals surface area (Å²) in [6.07, 6.45) is 6.08. The lowest BCUT2D eigenvalue weighted by Crippen LogP contribution is -2.31. The fourth-order valence-corrected chi connectivity index (χ4v) is 4.90. The summed E-state index contributed by atoms with van der Waals surface area (Å²) in [6, 6.07) is 11.2. The smallest absolute Gasteiger partial charge is 0.256 e. The van der Waals surface area contributed by atoms with E-state index in [2.05, 4.69) is 26.2 Å². The molecule has 0 unspecified atom stereocenters. The Hall–Kier alpha value is -3.27. The first-order chi connectivity index (χ1) is 16.5. The first kappa shape index (κ1) is 23.9. The average Bonchev–Trinajstić information content (AvgIpc) is 3.29. The first-order valence-corrected chi connectivity index (χ1v) is 12.3. The maximum Gasteiger partial charge on any atom is 0.256 e. The number of nitrogens with one attached hydrogen (secondary N) is 2. The van der Waals surface area contributed by atoms with Crippen molar-refractivity contribution in [3.8, 4) is 5.69 Å². The number of aromatic nitrogens is 4. The summed E-state index contributed by atoms with van der Waals surface area (Å²) in [5.74, 6) is 0.210. The van der Waals surface area contributed by atoms with E-state index in [-0.39, 0.29) is 17.3 Å². The molecule has 3 aromatic rings. The normalized spacial score (nSPS) is 14.1. The second-order valence-electron chi connectivity index (χ2n) is 8.35. The Balaban J connectivity index is 1.40. The molecule has 178 valence electrons. The van der Waals surface area contributed by atoms with E-state index in [1.54, 1.807) is 31.2 Å². The number of hydrogen-bond acceptors (Lipinski definition) is 6. The number of halogens is 1. The zero-order chi connectivity index (χ0) is 23.9. The maximum absolute atomic E-state index is 14.4. The molecule has 34 heavy (non-hydrogen) atoms. The van der Waals surface area contributed by atoms with E-state index in [9.17, 15) is 14.0 Å². The zero-order valence-electron chi connectivity index (χ0n) is 19.0. The Bertz CT molecular complexity index is 1160. The van der Waals surface area contributed by atoms with Crippen LogP contribution in [0.4, 0.5) is 10.1 Å². The molecule has 8 nitrogen and oxygen atoms in total. The molecule has 1 aliphatic carbocycles. The summed E-state index contributed by atoms with van der Waals surface area (Å²) in [4.78, 5) is 26.0. The number of carbonyl (C=O) groups excluding carboxylic acids is 2. The minimum Gasteiger partial charge on any atom is -0.355 e. The molecule has 0 saturated heterocycles. The van der Waals surface area contributed by atoms with Gasteiger partial charge in [0.1, 0.15) is 5.82 Å². The van der Waals surface area contributed by atoms with Crippen LogP contribution in [-0.4, -0.2) is 44.3 Å². The molecule has 2 amide bonds. The van der Waals surface area contributed by atoms with Crippen molar-refractivity contribution in [3.63, 3.8) is 0 Å². The Labute approximate surface area is 201 Å². The van der Waals surface area contributed by atoms with Crippen molar-refractivity contribution in [2.24, 2.45) is 5.92 Å². The molecule has 0 atom stereocenters. The largest absolute Gasteiger partial charge is 0.355 e. The topological polar surface area (TPSA) is 102 Å². The number of benzene rings is 2. The van der Waals surface area contributed by atoms with Gasteiger partial charge in [0.15, 0.2) is 5.82 Å². The molecule has 1 aromatic heterocycles. The van der Waals surface area contributed by atoms with Gasteiger partial charge in [-0.2, -0.15) is 4.68 Å². The van der Waals surface area contributed by atoms with Crippen LogP contribution in [-0.2, 0) is 4.79 Å². The van der Waals surface area contributed by atoms with E-state index in [1.807, 2.05) is 0 Å². The van der Waals surface area contributed by atoms with Crippen molar-refractivity contribution in [2.45, 2.75) is 43.9 Å². The van der Waals surface area contributed by atoms with Gasteiger partial charge in [-0.15, -0.1) is 16.9 Å². The number of hydrogen-bond donors (Lipinski definition) is 2. The van der Waals surface area contributed by atoms with Crippen molar-refractivity contribution < 1.29 is 14.0 Å². The summed E-state index contributed by atoms with van der Waals surface area (Å²) >= 11 is 1.29. The second-order valence-corrected chi connectivity index (χ2v) is 9.37. The van der Waals surface area contributed by atoms with E-state index in [1.165, 1.54) is 66.7 Å². The number of aryl methyl sites for hydroxylation is 1. The molecular weight excluding hydrogens is 455 g/mol.